The zero-order chi connectivity index (χ0) is 15.4. The van der Waals surface area contributed by atoms with Gasteiger partial charge in [0.05, 0.1) is 17.9 Å². The second-order valence-corrected chi connectivity index (χ2v) is 4.79. The second kappa shape index (κ2) is 6.26. The third-order valence-corrected chi connectivity index (χ3v) is 3.33. The molecule has 0 aliphatic carbocycles. The summed E-state index contributed by atoms with van der Waals surface area (Å²) < 4.78 is 7.15. The Kier molecular flexibility index (Phi) is 4.01. The van der Waals surface area contributed by atoms with Crippen LogP contribution in [-0.4, -0.2) is 22.7 Å². The van der Waals surface area contributed by atoms with Gasteiger partial charge in [0.1, 0.15) is 11.4 Å². The van der Waals surface area contributed by atoms with Crippen LogP contribution in [0.25, 0.3) is 16.9 Å². The van der Waals surface area contributed by atoms with Crippen LogP contribution in [0.5, 0.6) is 5.75 Å². The van der Waals surface area contributed by atoms with Crippen LogP contribution in [0.15, 0.2) is 60.8 Å². The summed E-state index contributed by atoms with van der Waals surface area (Å²) in [4.78, 5) is 11.3. The van der Waals surface area contributed by atoms with E-state index in [9.17, 15) is 4.79 Å². The molecule has 0 atom stereocenters. The average molecular weight is 292 g/mol. The minimum atomic E-state index is 0.563. The Hall–Kier alpha value is -2.88. The Morgan fingerprint density at radius 2 is 1.82 bits per heavy atom. The van der Waals surface area contributed by atoms with Crippen LogP contribution in [0.2, 0.25) is 0 Å². The van der Waals surface area contributed by atoms with Gasteiger partial charge in [-0.25, -0.2) is 4.68 Å². The van der Waals surface area contributed by atoms with Crippen molar-refractivity contribution in [3.8, 4) is 22.7 Å². The van der Waals surface area contributed by atoms with E-state index in [1.807, 2.05) is 61.5 Å². The highest BCUT2D eigenvalue weighted by Gasteiger charge is 2.11. The van der Waals surface area contributed by atoms with Gasteiger partial charge in [0.25, 0.3) is 0 Å². The van der Waals surface area contributed by atoms with Crippen molar-refractivity contribution in [1.82, 2.24) is 9.78 Å². The summed E-state index contributed by atoms with van der Waals surface area (Å²) in [6.45, 7) is 2.57. The van der Waals surface area contributed by atoms with Gasteiger partial charge in [0.2, 0.25) is 0 Å². The van der Waals surface area contributed by atoms with Gasteiger partial charge in [0.15, 0.2) is 6.29 Å². The molecule has 110 valence electrons. The summed E-state index contributed by atoms with van der Waals surface area (Å²) in [5.41, 5.74) is 3.04. The lowest BCUT2D eigenvalue weighted by atomic mass is 10.1. The number of carbonyl (C=O) groups excluding carboxylic acids is 1. The van der Waals surface area contributed by atoms with Crippen LogP contribution in [0.1, 0.15) is 17.3 Å². The van der Waals surface area contributed by atoms with E-state index in [1.54, 1.807) is 10.9 Å². The first kappa shape index (κ1) is 14.1. The maximum absolute atomic E-state index is 11.3. The molecule has 4 nitrogen and oxygen atoms in total. The molecule has 0 fully saturated rings. The highest BCUT2D eigenvalue weighted by Crippen LogP contribution is 2.24. The molecule has 2 aromatic carbocycles. The van der Waals surface area contributed by atoms with E-state index in [2.05, 4.69) is 5.10 Å². The fraction of sp³-hybridized carbons (Fsp3) is 0.111. The lowest BCUT2D eigenvalue weighted by molar-refractivity contribution is 0.112. The van der Waals surface area contributed by atoms with E-state index in [1.165, 1.54) is 0 Å². The summed E-state index contributed by atoms with van der Waals surface area (Å²) in [7, 11) is 0. The van der Waals surface area contributed by atoms with Gasteiger partial charge in [-0.05, 0) is 43.3 Å². The van der Waals surface area contributed by atoms with Crippen molar-refractivity contribution in [3.05, 3.63) is 66.4 Å². The molecule has 22 heavy (non-hydrogen) atoms. The zero-order valence-corrected chi connectivity index (χ0v) is 12.3. The van der Waals surface area contributed by atoms with Crippen molar-refractivity contribution in [1.29, 1.82) is 0 Å². The molecule has 0 saturated heterocycles. The van der Waals surface area contributed by atoms with Crippen LogP contribution in [-0.2, 0) is 0 Å². The van der Waals surface area contributed by atoms with Crippen molar-refractivity contribution in [3.63, 3.8) is 0 Å². The second-order valence-electron chi connectivity index (χ2n) is 4.79. The van der Waals surface area contributed by atoms with E-state index in [0.717, 1.165) is 23.3 Å². The van der Waals surface area contributed by atoms with Gasteiger partial charge in [-0.2, -0.15) is 5.10 Å². The Balaban J connectivity index is 1.99. The Bertz CT molecular complexity index is 762. The van der Waals surface area contributed by atoms with Crippen LogP contribution < -0.4 is 4.74 Å². The number of nitrogens with zero attached hydrogens (tertiary/aromatic N) is 2. The number of aromatic nitrogens is 2. The summed E-state index contributed by atoms with van der Waals surface area (Å²) in [5.74, 6) is 0.807. The minimum absolute atomic E-state index is 0.563. The minimum Gasteiger partial charge on any atom is -0.494 e. The largest absolute Gasteiger partial charge is 0.494 e. The summed E-state index contributed by atoms with van der Waals surface area (Å²) in [5, 5.41) is 4.54. The topological polar surface area (TPSA) is 44.1 Å². The van der Waals surface area contributed by atoms with E-state index in [4.69, 9.17) is 4.74 Å². The maximum Gasteiger partial charge on any atom is 0.153 e. The van der Waals surface area contributed by atoms with Crippen LogP contribution >= 0.6 is 0 Å². The van der Waals surface area contributed by atoms with Gasteiger partial charge >= 0.3 is 0 Å². The quantitative estimate of drug-likeness (QED) is 0.673. The highest BCUT2D eigenvalue weighted by molar-refractivity contribution is 5.85. The molecule has 0 unspecified atom stereocenters. The van der Waals surface area contributed by atoms with Gasteiger partial charge in [-0.1, -0.05) is 18.2 Å². The molecule has 0 saturated carbocycles. The molecule has 0 aliphatic heterocycles. The predicted octanol–water partition coefficient (Wildman–Crippen LogP) is 3.75. The molecule has 0 N–H and O–H groups in total. The molecule has 3 rings (SSSR count). The van der Waals surface area contributed by atoms with E-state index >= 15 is 0 Å². The number of ether oxygens (including phenoxy) is 1. The molecule has 0 radical (unpaired) electrons. The Morgan fingerprint density at radius 1 is 1.09 bits per heavy atom. The smallest absolute Gasteiger partial charge is 0.153 e. The van der Waals surface area contributed by atoms with Crippen molar-refractivity contribution in [2.75, 3.05) is 6.61 Å². The molecule has 0 spiro atoms. The van der Waals surface area contributed by atoms with Crippen molar-refractivity contribution in [2.45, 2.75) is 6.92 Å². The Labute approximate surface area is 129 Å². The number of carbonyl (C=O) groups is 1. The summed E-state index contributed by atoms with van der Waals surface area (Å²) in [6, 6.07) is 17.3. The standard InChI is InChI=1S/C18H16N2O2/c1-2-22-17-10-8-14(9-11-17)18-15(13-21)12-20(19-18)16-6-4-3-5-7-16/h3-13H,2H2,1H3. The summed E-state index contributed by atoms with van der Waals surface area (Å²) in [6.07, 6.45) is 2.58. The van der Waals surface area contributed by atoms with E-state index in [0.29, 0.717) is 17.9 Å². The fourth-order valence-corrected chi connectivity index (χ4v) is 2.29. The fourth-order valence-electron chi connectivity index (χ4n) is 2.29. The molecule has 1 heterocycles. The zero-order valence-electron chi connectivity index (χ0n) is 12.3. The monoisotopic (exact) mass is 292 g/mol. The molecule has 0 bridgehead atoms. The van der Waals surface area contributed by atoms with Crippen LogP contribution in [0, 0.1) is 0 Å². The molecule has 0 aliphatic rings. The normalized spacial score (nSPS) is 10.4. The maximum atomic E-state index is 11.3. The SMILES string of the molecule is CCOc1ccc(-c2nn(-c3ccccc3)cc2C=O)cc1. The highest BCUT2D eigenvalue weighted by atomic mass is 16.5. The molecular formula is C18H16N2O2. The van der Waals surface area contributed by atoms with Gasteiger partial charge < -0.3 is 4.74 Å². The first-order valence-electron chi connectivity index (χ1n) is 7.15. The Morgan fingerprint density at radius 3 is 2.45 bits per heavy atom. The molecule has 3 aromatic rings. The number of benzene rings is 2. The molecular weight excluding hydrogens is 276 g/mol. The van der Waals surface area contributed by atoms with Crippen LogP contribution in [0.4, 0.5) is 0 Å². The number of para-hydroxylation sites is 1. The molecule has 0 amide bonds. The number of hydrogen-bond acceptors (Lipinski definition) is 3. The van der Waals surface area contributed by atoms with Crippen molar-refractivity contribution < 1.29 is 9.53 Å². The average Bonchev–Trinajstić information content (AvgIpc) is 3.01. The lowest BCUT2D eigenvalue weighted by Crippen LogP contribution is -1.94. The summed E-state index contributed by atoms with van der Waals surface area (Å²) >= 11 is 0. The molecule has 1 aromatic heterocycles. The van der Waals surface area contributed by atoms with Gasteiger partial charge in [-0.15, -0.1) is 0 Å². The van der Waals surface area contributed by atoms with Gasteiger partial charge in [0, 0.05) is 11.8 Å². The third-order valence-electron chi connectivity index (χ3n) is 3.33. The van der Waals surface area contributed by atoms with E-state index < -0.39 is 0 Å². The predicted molar refractivity (Wildman–Crippen MR) is 85.6 cm³/mol. The van der Waals surface area contributed by atoms with Crippen LogP contribution in [0.3, 0.4) is 0 Å². The third kappa shape index (κ3) is 2.76. The number of aldehydes is 1. The van der Waals surface area contributed by atoms with Gasteiger partial charge in [-0.3, -0.25) is 4.79 Å². The number of hydrogen-bond donors (Lipinski definition) is 0. The van der Waals surface area contributed by atoms with Crippen molar-refractivity contribution >= 4 is 6.29 Å². The number of rotatable bonds is 5. The first-order valence-corrected chi connectivity index (χ1v) is 7.15. The molecule has 4 heteroatoms. The van der Waals surface area contributed by atoms with E-state index in [-0.39, 0.29) is 0 Å². The lowest BCUT2D eigenvalue weighted by Gasteiger charge is -2.04. The van der Waals surface area contributed by atoms with Crippen molar-refractivity contribution in [2.24, 2.45) is 0 Å². The first-order chi connectivity index (χ1) is 10.8.